The van der Waals surface area contributed by atoms with Gasteiger partial charge in [0.1, 0.15) is 6.17 Å². The van der Waals surface area contributed by atoms with E-state index >= 15 is 0 Å². The lowest BCUT2D eigenvalue weighted by molar-refractivity contribution is 0.0629. The molecule has 3 aromatic rings. The minimum absolute atomic E-state index is 0.0280. The van der Waals surface area contributed by atoms with Gasteiger partial charge in [-0.05, 0) is 36.6 Å². The number of fused-ring (bicyclic) bond motifs is 6. The lowest BCUT2D eigenvalue weighted by Gasteiger charge is -2.46. The number of aryl methyl sites for hydroxylation is 1. The Bertz CT molecular complexity index is 1070. The Morgan fingerprint density at radius 2 is 1.79 bits per heavy atom. The van der Waals surface area contributed by atoms with E-state index < -0.39 is 0 Å². The number of carbonyl (C=O) groups excluding carboxylic acids is 1. The van der Waals surface area contributed by atoms with Crippen LogP contribution in [0.1, 0.15) is 60.4 Å². The highest BCUT2D eigenvalue weighted by molar-refractivity contribution is 6.02. The van der Waals surface area contributed by atoms with Gasteiger partial charge in [-0.1, -0.05) is 56.5 Å². The molecule has 0 fully saturated rings. The molecule has 0 aliphatic carbocycles. The van der Waals surface area contributed by atoms with Crippen molar-refractivity contribution in [3.05, 3.63) is 65.4 Å². The Kier molecular flexibility index (Phi) is 4.57. The lowest BCUT2D eigenvalue weighted by atomic mass is 9.96. The van der Waals surface area contributed by atoms with Crippen molar-refractivity contribution in [3.8, 4) is 0 Å². The summed E-state index contributed by atoms with van der Waals surface area (Å²) < 4.78 is 2.51. The van der Waals surface area contributed by atoms with Crippen LogP contribution in [0, 0.1) is 0 Å². The fraction of sp³-hybridized carbons (Fsp3) is 0.400. The van der Waals surface area contributed by atoms with Gasteiger partial charge >= 0.3 is 0 Å². The third-order valence-electron chi connectivity index (χ3n) is 6.64. The van der Waals surface area contributed by atoms with E-state index in [1.165, 1.54) is 47.8 Å². The topological polar surface area (TPSA) is 28.5 Å². The lowest BCUT2D eigenvalue weighted by Crippen LogP contribution is -2.51. The number of nitrogens with zero attached hydrogens (tertiary/aromatic N) is 3. The summed E-state index contributed by atoms with van der Waals surface area (Å²) in [5, 5.41) is 1.36. The molecule has 29 heavy (non-hydrogen) atoms. The molecule has 1 amide bonds. The highest BCUT2D eigenvalue weighted by Gasteiger charge is 2.42. The Balaban J connectivity index is 1.65. The standard InChI is InChI=1S/C25H29N3O/c1-3-4-5-10-16-27-22-14-9-6-11-18(22)19-15-17-28-24(23(19)27)26(2)21-13-8-7-12-20(21)25(28)29/h6-9,11-14,24H,3-5,10,15-17H2,1-2H3/t24-/m0/s1. The second-order valence-corrected chi connectivity index (χ2v) is 8.34. The molecule has 0 N–H and O–H groups in total. The maximum absolute atomic E-state index is 13.3. The predicted molar refractivity (Wildman–Crippen MR) is 118 cm³/mol. The van der Waals surface area contributed by atoms with Gasteiger partial charge in [0.2, 0.25) is 0 Å². The summed E-state index contributed by atoms with van der Waals surface area (Å²) in [5.74, 6) is 0.164. The van der Waals surface area contributed by atoms with Crippen molar-refractivity contribution in [2.24, 2.45) is 0 Å². The third-order valence-corrected chi connectivity index (χ3v) is 6.64. The van der Waals surface area contributed by atoms with Gasteiger partial charge in [0.25, 0.3) is 5.91 Å². The highest BCUT2D eigenvalue weighted by atomic mass is 16.2. The normalized spacial score (nSPS) is 18.0. The van der Waals surface area contributed by atoms with Crippen molar-refractivity contribution in [1.82, 2.24) is 9.47 Å². The fourth-order valence-corrected chi connectivity index (χ4v) is 5.25. The average Bonchev–Trinajstić information content (AvgIpc) is 3.08. The zero-order valence-electron chi connectivity index (χ0n) is 17.4. The molecule has 0 saturated carbocycles. The number of para-hydroxylation sites is 2. The number of amides is 1. The molecule has 0 bridgehead atoms. The minimum atomic E-state index is -0.0280. The molecule has 4 nitrogen and oxygen atoms in total. The summed E-state index contributed by atoms with van der Waals surface area (Å²) in [5.41, 5.74) is 5.92. The van der Waals surface area contributed by atoms with Crippen LogP contribution in [0.25, 0.3) is 10.9 Å². The number of hydrogen-bond acceptors (Lipinski definition) is 2. The van der Waals surface area contributed by atoms with Crippen LogP contribution in [0.3, 0.4) is 0 Å². The van der Waals surface area contributed by atoms with Gasteiger partial charge in [-0.3, -0.25) is 4.79 Å². The van der Waals surface area contributed by atoms with E-state index in [9.17, 15) is 4.79 Å². The molecule has 0 radical (unpaired) electrons. The Hall–Kier alpha value is -2.75. The van der Waals surface area contributed by atoms with E-state index in [0.717, 1.165) is 30.8 Å². The molecule has 2 aromatic carbocycles. The van der Waals surface area contributed by atoms with Crippen molar-refractivity contribution in [3.63, 3.8) is 0 Å². The van der Waals surface area contributed by atoms with Gasteiger partial charge in [0.05, 0.1) is 16.9 Å². The Morgan fingerprint density at radius 1 is 1.00 bits per heavy atom. The van der Waals surface area contributed by atoms with Crippen LogP contribution in [-0.4, -0.2) is 29.0 Å². The minimum Gasteiger partial charge on any atom is -0.349 e. The van der Waals surface area contributed by atoms with E-state index in [1.807, 2.05) is 18.2 Å². The van der Waals surface area contributed by atoms with E-state index in [0.29, 0.717) is 0 Å². The van der Waals surface area contributed by atoms with Crippen LogP contribution in [0.2, 0.25) is 0 Å². The molecule has 1 aromatic heterocycles. The summed E-state index contributed by atoms with van der Waals surface area (Å²) >= 11 is 0. The van der Waals surface area contributed by atoms with Gasteiger partial charge in [0, 0.05) is 31.0 Å². The number of aromatic nitrogens is 1. The summed E-state index contributed by atoms with van der Waals surface area (Å²) in [6.45, 7) is 4.05. The molecule has 0 unspecified atom stereocenters. The average molecular weight is 388 g/mol. The monoisotopic (exact) mass is 387 g/mol. The van der Waals surface area contributed by atoms with E-state index in [-0.39, 0.29) is 12.1 Å². The second-order valence-electron chi connectivity index (χ2n) is 8.34. The van der Waals surface area contributed by atoms with Crippen LogP contribution < -0.4 is 4.90 Å². The molecule has 5 rings (SSSR count). The maximum atomic E-state index is 13.3. The van der Waals surface area contributed by atoms with Gasteiger partial charge < -0.3 is 14.4 Å². The van der Waals surface area contributed by atoms with Crippen molar-refractivity contribution in [2.75, 3.05) is 18.5 Å². The zero-order valence-corrected chi connectivity index (χ0v) is 17.4. The fourth-order valence-electron chi connectivity index (χ4n) is 5.25. The van der Waals surface area contributed by atoms with Crippen LogP contribution in [0.15, 0.2) is 48.5 Å². The van der Waals surface area contributed by atoms with Crippen LogP contribution >= 0.6 is 0 Å². The van der Waals surface area contributed by atoms with Crippen molar-refractivity contribution in [2.45, 2.75) is 51.7 Å². The van der Waals surface area contributed by atoms with Crippen LogP contribution in [0.5, 0.6) is 0 Å². The SMILES string of the molecule is CCCCCCn1c2c(c3ccccc31)CCN1C(=O)c3ccccc3N(C)[C@H]21. The molecule has 150 valence electrons. The van der Waals surface area contributed by atoms with E-state index in [2.05, 4.69) is 58.7 Å². The zero-order chi connectivity index (χ0) is 20.0. The predicted octanol–water partition coefficient (Wildman–Crippen LogP) is 5.37. The number of anilines is 1. The number of rotatable bonds is 5. The van der Waals surface area contributed by atoms with Gasteiger partial charge in [-0.25, -0.2) is 0 Å². The molecule has 0 saturated heterocycles. The van der Waals surface area contributed by atoms with Gasteiger partial charge in [-0.15, -0.1) is 0 Å². The van der Waals surface area contributed by atoms with Crippen molar-refractivity contribution in [1.29, 1.82) is 0 Å². The number of benzene rings is 2. The quantitative estimate of drug-likeness (QED) is 0.551. The van der Waals surface area contributed by atoms with Crippen LogP contribution in [-0.2, 0) is 13.0 Å². The number of unbranched alkanes of at least 4 members (excludes halogenated alkanes) is 3. The number of carbonyl (C=O) groups is 1. The Morgan fingerprint density at radius 3 is 2.66 bits per heavy atom. The first-order valence-electron chi connectivity index (χ1n) is 10.9. The first-order chi connectivity index (χ1) is 14.2. The Labute approximate surface area is 172 Å². The van der Waals surface area contributed by atoms with Gasteiger partial charge in [0.15, 0.2) is 0 Å². The van der Waals surface area contributed by atoms with Crippen LogP contribution in [0.4, 0.5) is 5.69 Å². The summed E-state index contributed by atoms with van der Waals surface area (Å²) in [4.78, 5) is 17.7. The summed E-state index contributed by atoms with van der Waals surface area (Å²) in [6, 6.07) is 16.8. The highest BCUT2D eigenvalue weighted by Crippen LogP contribution is 2.44. The molecule has 0 spiro atoms. The van der Waals surface area contributed by atoms with Gasteiger partial charge in [-0.2, -0.15) is 0 Å². The molecular formula is C25H29N3O. The van der Waals surface area contributed by atoms with E-state index in [4.69, 9.17) is 0 Å². The first kappa shape index (κ1) is 18.3. The van der Waals surface area contributed by atoms with Crippen molar-refractivity contribution >= 4 is 22.5 Å². The molecule has 2 aliphatic rings. The number of hydrogen-bond donors (Lipinski definition) is 0. The molecule has 2 aliphatic heterocycles. The third kappa shape index (κ3) is 2.77. The summed E-state index contributed by atoms with van der Waals surface area (Å²) in [7, 11) is 2.14. The smallest absolute Gasteiger partial charge is 0.257 e. The first-order valence-corrected chi connectivity index (χ1v) is 10.9. The largest absolute Gasteiger partial charge is 0.349 e. The van der Waals surface area contributed by atoms with E-state index in [1.54, 1.807) is 0 Å². The summed E-state index contributed by atoms with van der Waals surface area (Å²) in [6.07, 6.45) is 5.86. The second kappa shape index (κ2) is 7.25. The van der Waals surface area contributed by atoms with Crippen molar-refractivity contribution < 1.29 is 4.79 Å². The molecular weight excluding hydrogens is 358 g/mol. The maximum Gasteiger partial charge on any atom is 0.257 e. The molecule has 3 heterocycles. The molecule has 4 heteroatoms. The molecule has 1 atom stereocenters.